The summed E-state index contributed by atoms with van der Waals surface area (Å²) in [6.07, 6.45) is 3.76. The first kappa shape index (κ1) is 23.3. The minimum atomic E-state index is -3.24. The average Bonchev–Trinajstić information content (AvgIpc) is 3.17. The van der Waals surface area contributed by atoms with Crippen LogP contribution >= 0.6 is 0 Å². The van der Waals surface area contributed by atoms with Crippen molar-refractivity contribution < 1.29 is 13.2 Å². The van der Waals surface area contributed by atoms with Gasteiger partial charge in [0.25, 0.3) is 0 Å². The van der Waals surface area contributed by atoms with Crippen LogP contribution in [0.5, 0.6) is 0 Å². The molecular formula is C28H29N3O3S. The van der Waals surface area contributed by atoms with E-state index >= 15 is 0 Å². The summed E-state index contributed by atoms with van der Waals surface area (Å²) < 4.78 is 26.3. The Morgan fingerprint density at radius 2 is 1.74 bits per heavy atom. The van der Waals surface area contributed by atoms with E-state index in [1.807, 2.05) is 24.3 Å². The SMILES string of the molecule is CCS(=O)(=O)c1ccc(CC(=O)Nc2ccc(-c3nc4ccc(C)cc4n3C3CCC3)cc2)cc1. The van der Waals surface area contributed by atoms with Gasteiger partial charge in [-0.15, -0.1) is 0 Å². The molecule has 6 nitrogen and oxygen atoms in total. The van der Waals surface area contributed by atoms with Crippen molar-refractivity contribution in [3.05, 3.63) is 77.9 Å². The summed E-state index contributed by atoms with van der Waals surface area (Å²) >= 11 is 0. The van der Waals surface area contributed by atoms with Gasteiger partial charge in [-0.3, -0.25) is 4.79 Å². The van der Waals surface area contributed by atoms with Gasteiger partial charge in [0, 0.05) is 17.3 Å². The number of benzene rings is 3. The molecule has 0 spiro atoms. The number of carbonyl (C=O) groups is 1. The largest absolute Gasteiger partial charge is 0.326 e. The number of hydrogen-bond acceptors (Lipinski definition) is 4. The van der Waals surface area contributed by atoms with Gasteiger partial charge in [-0.2, -0.15) is 0 Å². The molecule has 7 heteroatoms. The predicted octanol–water partition coefficient (Wildman–Crippen LogP) is 5.71. The highest BCUT2D eigenvalue weighted by atomic mass is 32.2. The van der Waals surface area contributed by atoms with E-state index in [1.54, 1.807) is 31.2 Å². The van der Waals surface area contributed by atoms with E-state index in [2.05, 4.69) is 35.0 Å². The summed E-state index contributed by atoms with van der Waals surface area (Å²) in [6.45, 7) is 3.72. The van der Waals surface area contributed by atoms with E-state index in [0.29, 0.717) is 11.7 Å². The Hall–Kier alpha value is -3.45. The summed E-state index contributed by atoms with van der Waals surface area (Å²) in [4.78, 5) is 17.8. The van der Waals surface area contributed by atoms with Crippen LogP contribution in [0.25, 0.3) is 22.4 Å². The van der Waals surface area contributed by atoms with Gasteiger partial charge in [-0.1, -0.05) is 25.1 Å². The average molecular weight is 488 g/mol. The Morgan fingerprint density at radius 3 is 2.37 bits per heavy atom. The zero-order valence-corrected chi connectivity index (χ0v) is 20.8. The molecule has 1 N–H and O–H groups in total. The Bertz CT molecular complexity index is 1480. The minimum absolute atomic E-state index is 0.0550. The summed E-state index contributed by atoms with van der Waals surface area (Å²) in [6, 6.07) is 21.2. The van der Waals surface area contributed by atoms with E-state index in [0.717, 1.165) is 22.5 Å². The molecule has 4 aromatic rings. The van der Waals surface area contributed by atoms with Crippen LogP contribution in [-0.4, -0.2) is 29.6 Å². The third-order valence-electron chi connectivity index (χ3n) is 6.74. The standard InChI is InChI=1S/C28H29N3O3S/c1-3-35(33,34)24-14-8-20(9-15-24)18-27(32)29-22-12-10-21(11-13-22)28-30-25-16-7-19(2)17-26(25)31(28)23-5-4-6-23/h7-17,23H,3-6,18H2,1-2H3,(H,29,32). The molecule has 1 aliphatic carbocycles. The lowest BCUT2D eigenvalue weighted by atomic mass is 9.92. The summed E-state index contributed by atoms with van der Waals surface area (Å²) in [5, 5.41) is 2.93. The molecule has 0 unspecified atom stereocenters. The van der Waals surface area contributed by atoms with Gasteiger partial charge >= 0.3 is 0 Å². The summed E-state index contributed by atoms with van der Waals surface area (Å²) in [5.41, 5.74) is 5.91. The molecule has 1 saturated carbocycles. The van der Waals surface area contributed by atoms with Crippen molar-refractivity contribution in [3.63, 3.8) is 0 Å². The van der Waals surface area contributed by atoms with Crippen LogP contribution in [-0.2, 0) is 21.1 Å². The zero-order valence-electron chi connectivity index (χ0n) is 20.0. The molecule has 5 rings (SSSR count). The van der Waals surface area contributed by atoms with E-state index < -0.39 is 9.84 Å². The second-order valence-electron chi connectivity index (χ2n) is 9.23. The van der Waals surface area contributed by atoms with Crippen LogP contribution in [0.4, 0.5) is 5.69 Å². The van der Waals surface area contributed by atoms with E-state index in [4.69, 9.17) is 4.98 Å². The number of anilines is 1. The van der Waals surface area contributed by atoms with E-state index in [9.17, 15) is 13.2 Å². The number of nitrogens with zero attached hydrogens (tertiary/aromatic N) is 2. The van der Waals surface area contributed by atoms with Crippen LogP contribution in [0.3, 0.4) is 0 Å². The number of amides is 1. The van der Waals surface area contributed by atoms with Gasteiger partial charge in [0.15, 0.2) is 9.84 Å². The highest BCUT2D eigenvalue weighted by molar-refractivity contribution is 7.91. The quantitative estimate of drug-likeness (QED) is 0.362. The fraction of sp³-hybridized carbons (Fsp3) is 0.286. The summed E-state index contributed by atoms with van der Waals surface area (Å²) in [7, 11) is -3.24. The van der Waals surface area contributed by atoms with Crippen molar-refractivity contribution in [2.45, 2.75) is 50.5 Å². The van der Waals surface area contributed by atoms with E-state index in [-0.39, 0.29) is 23.0 Å². The Kier molecular flexibility index (Phi) is 6.19. The molecule has 1 aliphatic rings. The maximum Gasteiger partial charge on any atom is 0.228 e. The van der Waals surface area contributed by atoms with Gasteiger partial charge < -0.3 is 9.88 Å². The number of aryl methyl sites for hydroxylation is 1. The number of imidazole rings is 1. The lowest BCUT2D eigenvalue weighted by Gasteiger charge is -2.29. The van der Waals surface area contributed by atoms with Crippen LogP contribution in [0.1, 0.15) is 43.4 Å². The number of carbonyl (C=O) groups excluding carboxylic acids is 1. The second kappa shape index (κ2) is 9.30. The van der Waals surface area contributed by atoms with Crippen molar-refractivity contribution in [1.29, 1.82) is 0 Å². The van der Waals surface area contributed by atoms with Crippen molar-refractivity contribution in [3.8, 4) is 11.4 Å². The Balaban J connectivity index is 1.32. The Labute approximate surface area is 205 Å². The zero-order chi connectivity index (χ0) is 24.6. The number of aromatic nitrogens is 2. The summed E-state index contributed by atoms with van der Waals surface area (Å²) in [5.74, 6) is 0.871. The lowest BCUT2D eigenvalue weighted by molar-refractivity contribution is -0.115. The predicted molar refractivity (Wildman–Crippen MR) is 139 cm³/mol. The topological polar surface area (TPSA) is 81.1 Å². The molecular weight excluding hydrogens is 458 g/mol. The molecule has 0 aliphatic heterocycles. The van der Waals surface area contributed by atoms with Crippen LogP contribution in [0, 0.1) is 6.92 Å². The first-order chi connectivity index (χ1) is 16.8. The molecule has 3 aromatic carbocycles. The van der Waals surface area contributed by atoms with Crippen LogP contribution in [0.2, 0.25) is 0 Å². The molecule has 0 atom stereocenters. The second-order valence-corrected chi connectivity index (χ2v) is 11.5. The van der Waals surface area contributed by atoms with Gasteiger partial charge in [-0.25, -0.2) is 13.4 Å². The third kappa shape index (κ3) is 4.73. The maximum absolute atomic E-state index is 12.6. The highest BCUT2D eigenvalue weighted by Gasteiger charge is 2.25. The Morgan fingerprint density at radius 1 is 1.03 bits per heavy atom. The number of sulfone groups is 1. The molecule has 0 saturated heterocycles. The smallest absolute Gasteiger partial charge is 0.228 e. The molecule has 0 bridgehead atoms. The molecule has 1 amide bonds. The number of nitrogens with one attached hydrogen (secondary N) is 1. The number of hydrogen-bond donors (Lipinski definition) is 1. The molecule has 1 heterocycles. The van der Waals surface area contributed by atoms with Crippen molar-refractivity contribution >= 4 is 32.5 Å². The fourth-order valence-corrected chi connectivity index (χ4v) is 5.38. The van der Waals surface area contributed by atoms with Gasteiger partial charge in [0.1, 0.15) is 5.82 Å². The van der Waals surface area contributed by atoms with Gasteiger partial charge in [-0.05, 0) is 85.8 Å². The van der Waals surface area contributed by atoms with Crippen LogP contribution < -0.4 is 5.32 Å². The first-order valence-corrected chi connectivity index (χ1v) is 13.7. The normalized spacial score (nSPS) is 14.1. The van der Waals surface area contributed by atoms with Crippen molar-refractivity contribution in [2.24, 2.45) is 0 Å². The van der Waals surface area contributed by atoms with E-state index in [1.165, 1.54) is 30.3 Å². The van der Waals surface area contributed by atoms with Gasteiger partial charge in [0.2, 0.25) is 5.91 Å². The molecule has 1 fully saturated rings. The number of fused-ring (bicyclic) bond motifs is 1. The molecule has 1 aromatic heterocycles. The van der Waals surface area contributed by atoms with Crippen molar-refractivity contribution in [1.82, 2.24) is 9.55 Å². The lowest BCUT2D eigenvalue weighted by Crippen LogP contribution is -2.18. The maximum atomic E-state index is 12.6. The van der Waals surface area contributed by atoms with Crippen molar-refractivity contribution in [2.75, 3.05) is 11.1 Å². The number of rotatable bonds is 7. The molecule has 35 heavy (non-hydrogen) atoms. The minimum Gasteiger partial charge on any atom is -0.326 e. The monoisotopic (exact) mass is 487 g/mol. The fourth-order valence-electron chi connectivity index (χ4n) is 4.50. The molecule has 180 valence electrons. The van der Waals surface area contributed by atoms with Crippen LogP contribution in [0.15, 0.2) is 71.6 Å². The first-order valence-electron chi connectivity index (χ1n) is 12.0. The highest BCUT2D eigenvalue weighted by Crippen LogP contribution is 2.38. The van der Waals surface area contributed by atoms with Gasteiger partial charge in [0.05, 0.1) is 28.1 Å². The molecule has 0 radical (unpaired) electrons. The third-order valence-corrected chi connectivity index (χ3v) is 8.49.